The van der Waals surface area contributed by atoms with Gasteiger partial charge in [-0.25, -0.2) is 0 Å². The van der Waals surface area contributed by atoms with Gasteiger partial charge in [0.05, 0.1) is 0 Å². The molecule has 0 aliphatic heterocycles. The maximum absolute atomic E-state index is 10.6. The molecule has 0 atom stereocenters. The number of rotatable bonds is 4. The van der Waals surface area contributed by atoms with Crippen molar-refractivity contribution in [3.63, 3.8) is 0 Å². The van der Waals surface area contributed by atoms with E-state index in [9.17, 15) is 4.79 Å². The number of carbonyl (C=O) groups is 1. The van der Waals surface area contributed by atoms with E-state index >= 15 is 0 Å². The normalized spacial score (nSPS) is 9.75. The second-order valence-corrected chi connectivity index (χ2v) is 3.40. The third-order valence-corrected chi connectivity index (χ3v) is 2.32. The highest BCUT2D eigenvalue weighted by molar-refractivity contribution is 9.09. The standard InChI is InChI=1S/C10H11BrO/c11-7-3-6-9-4-1-2-5-10(9)8-12/h1-2,4-5,8H,3,6-7H2. The molecule has 0 saturated heterocycles. The molecule has 1 aromatic rings. The van der Waals surface area contributed by atoms with Crippen molar-refractivity contribution in [2.45, 2.75) is 12.8 Å². The van der Waals surface area contributed by atoms with E-state index in [2.05, 4.69) is 15.9 Å². The molecule has 12 heavy (non-hydrogen) atoms. The molecule has 0 unspecified atom stereocenters. The Balaban J connectivity index is 2.75. The zero-order valence-corrected chi connectivity index (χ0v) is 8.38. The van der Waals surface area contributed by atoms with E-state index < -0.39 is 0 Å². The van der Waals surface area contributed by atoms with E-state index in [1.54, 1.807) is 0 Å². The van der Waals surface area contributed by atoms with Gasteiger partial charge in [-0.2, -0.15) is 0 Å². The summed E-state index contributed by atoms with van der Waals surface area (Å²) in [6, 6.07) is 7.72. The van der Waals surface area contributed by atoms with E-state index in [-0.39, 0.29) is 0 Å². The molecule has 0 amide bonds. The highest BCUT2D eigenvalue weighted by atomic mass is 79.9. The van der Waals surface area contributed by atoms with Crippen molar-refractivity contribution in [3.8, 4) is 0 Å². The van der Waals surface area contributed by atoms with Crippen LogP contribution < -0.4 is 0 Å². The first kappa shape index (κ1) is 9.46. The lowest BCUT2D eigenvalue weighted by Gasteiger charge is -2.01. The fourth-order valence-corrected chi connectivity index (χ4v) is 1.41. The first-order valence-corrected chi connectivity index (χ1v) is 5.09. The van der Waals surface area contributed by atoms with Crippen LogP contribution in [0.5, 0.6) is 0 Å². The lowest BCUT2D eigenvalue weighted by molar-refractivity contribution is 0.112. The van der Waals surface area contributed by atoms with Crippen molar-refractivity contribution in [1.82, 2.24) is 0 Å². The van der Waals surface area contributed by atoms with Crippen LogP contribution in [0.3, 0.4) is 0 Å². The number of hydrogen-bond donors (Lipinski definition) is 0. The van der Waals surface area contributed by atoms with E-state index in [0.29, 0.717) is 0 Å². The van der Waals surface area contributed by atoms with Gasteiger partial charge in [0.25, 0.3) is 0 Å². The van der Waals surface area contributed by atoms with Gasteiger partial charge in [-0.05, 0) is 18.4 Å². The summed E-state index contributed by atoms with van der Waals surface area (Å²) in [6.45, 7) is 0. The molecule has 1 aromatic carbocycles. The molecular weight excluding hydrogens is 216 g/mol. The Hall–Kier alpha value is -0.630. The largest absolute Gasteiger partial charge is 0.298 e. The van der Waals surface area contributed by atoms with Crippen LogP contribution in [-0.2, 0) is 6.42 Å². The van der Waals surface area contributed by atoms with Crippen LogP contribution >= 0.6 is 15.9 Å². The SMILES string of the molecule is O=Cc1ccccc1CCCBr. The van der Waals surface area contributed by atoms with Crippen molar-refractivity contribution in [3.05, 3.63) is 35.4 Å². The smallest absolute Gasteiger partial charge is 0.150 e. The molecule has 0 N–H and O–H groups in total. The van der Waals surface area contributed by atoms with Gasteiger partial charge in [0.1, 0.15) is 6.29 Å². The molecule has 64 valence electrons. The topological polar surface area (TPSA) is 17.1 Å². The molecule has 2 heteroatoms. The van der Waals surface area contributed by atoms with Crippen molar-refractivity contribution < 1.29 is 4.79 Å². The monoisotopic (exact) mass is 226 g/mol. The minimum absolute atomic E-state index is 0.818. The lowest BCUT2D eigenvalue weighted by Crippen LogP contribution is -1.92. The minimum Gasteiger partial charge on any atom is -0.298 e. The van der Waals surface area contributed by atoms with Gasteiger partial charge < -0.3 is 0 Å². The molecule has 0 bridgehead atoms. The molecule has 0 saturated carbocycles. The number of carbonyl (C=O) groups excluding carboxylic acids is 1. The van der Waals surface area contributed by atoms with Gasteiger partial charge in [0, 0.05) is 10.9 Å². The summed E-state index contributed by atoms with van der Waals surface area (Å²) in [5.41, 5.74) is 1.96. The zero-order valence-electron chi connectivity index (χ0n) is 6.79. The van der Waals surface area contributed by atoms with Gasteiger partial charge >= 0.3 is 0 Å². The van der Waals surface area contributed by atoms with Gasteiger partial charge in [-0.15, -0.1) is 0 Å². The Bertz CT molecular complexity index is 258. The third-order valence-electron chi connectivity index (χ3n) is 1.76. The summed E-state index contributed by atoms with van der Waals surface area (Å²) >= 11 is 3.37. The first-order valence-electron chi connectivity index (χ1n) is 3.97. The molecule has 0 heterocycles. The number of benzene rings is 1. The molecular formula is C10H11BrO. The molecule has 0 aliphatic rings. The molecule has 0 aromatic heterocycles. The van der Waals surface area contributed by atoms with E-state index in [0.717, 1.165) is 35.6 Å². The summed E-state index contributed by atoms with van der Waals surface area (Å²) in [6.07, 6.45) is 2.97. The minimum atomic E-state index is 0.818. The average Bonchev–Trinajstić information content (AvgIpc) is 2.15. The fraction of sp³-hybridized carbons (Fsp3) is 0.300. The predicted molar refractivity (Wildman–Crippen MR) is 53.9 cm³/mol. The van der Waals surface area contributed by atoms with Crippen LogP contribution in [0.25, 0.3) is 0 Å². The van der Waals surface area contributed by atoms with Gasteiger partial charge in [-0.3, -0.25) is 4.79 Å². The summed E-state index contributed by atoms with van der Waals surface area (Å²) in [4.78, 5) is 10.6. The third kappa shape index (κ3) is 2.45. The predicted octanol–water partition coefficient (Wildman–Crippen LogP) is 2.83. The van der Waals surface area contributed by atoms with E-state index in [4.69, 9.17) is 0 Å². The van der Waals surface area contributed by atoms with Gasteiger partial charge in [0.15, 0.2) is 0 Å². The molecule has 0 spiro atoms. The van der Waals surface area contributed by atoms with Gasteiger partial charge in [-0.1, -0.05) is 40.2 Å². The number of aryl methyl sites for hydroxylation is 1. The number of aldehydes is 1. The van der Waals surface area contributed by atoms with Crippen molar-refractivity contribution in [1.29, 1.82) is 0 Å². The fourth-order valence-electron chi connectivity index (χ4n) is 1.13. The lowest BCUT2D eigenvalue weighted by atomic mass is 10.0. The Kier molecular flexibility index (Phi) is 4.01. The molecule has 0 radical (unpaired) electrons. The highest BCUT2D eigenvalue weighted by Crippen LogP contribution is 2.09. The summed E-state index contributed by atoms with van der Waals surface area (Å²) in [5, 5.41) is 0.986. The zero-order chi connectivity index (χ0) is 8.81. The average molecular weight is 227 g/mol. The van der Waals surface area contributed by atoms with Crippen LogP contribution in [0.1, 0.15) is 22.3 Å². The van der Waals surface area contributed by atoms with Crippen LogP contribution in [0.2, 0.25) is 0 Å². The summed E-state index contributed by atoms with van der Waals surface area (Å²) in [5.74, 6) is 0. The Labute approximate surface area is 80.9 Å². The van der Waals surface area contributed by atoms with Gasteiger partial charge in [0.2, 0.25) is 0 Å². The van der Waals surface area contributed by atoms with E-state index in [1.165, 1.54) is 0 Å². The molecule has 1 nitrogen and oxygen atoms in total. The number of halogens is 1. The Morgan fingerprint density at radius 1 is 1.33 bits per heavy atom. The van der Waals surface area contributed by atoms with Crippen molar-refractivity contribution >= 4 is 22.2 Å². The summed E-state index contributed by atoms with van der Waals surface area (Å²) in [7, 11) is 0. The Morgan fingerprint density at radius 2 is 2.08 bits per heavy atom. The second-order valence-electron chi connectivity index (χ2n) is 2.61. The quantitative estimate of drug-likeness (QED) is 0.571. The Morgan fingerprint density at radius 3 is 2.75 bits per heavy atom. The number of alkyl halides is 1. The highest BCUT2D eigenvalue weighted by Gasteiger charge is 1.98. The van der Waals surface area contributed by atoms with Crippen molar-refractivity contribution in [2.75, 3.05) is 5.33 Å². The summed E-state index contributed by atoms with van der Waals surface area (Å²) < 4.78 is 0. The molecule has 0 fully saturated rings. The maximum atomic E-state index is 10.6. The van der Waals surface area contributed by atoms with Crippen LogP contribution in [-0.4, -0.2) is 11.6 Å². The molecule has 1 rings (SSSR count). The van der Waals surface area contributed by atoms with Crippen LogP contribution in [0.15, 0.2) is 24.3 Å². The van der Waals surface area contributed by atoms with Crippen LogP contribution in [0.4, 0.5) is 0 Å². The van der Waals surface area contributed by atoms with Crippen molar-refractivity contribution in [2.24, 2.45) is 0 Å². The molecule has 0 aliphatic carbocycles. The maximum Gasteiger partial charge on any atom is 0.150 e. The van der Waals surface area contributed by atoms with E-state index in [1.807, 2.05) is 24.3 Å². The second kappa shape index (κ2) is 5.09. The first-order chi connectivity index (χ1) is 5.88. The number of hydrogen-bond acceptors (Lipinski definition) is 1. The van der Waals surface area contributed by atoms with Crippen LogP contribution in [0, 0.1) is 0 Å².